The highest BCUT2D eigenvalue weighted by atomic mass is 35.5. The number of rotatable bonds is 2. The maximum absolute atomic E-state index is 9.78. The molecule has 0 saturated heterocycles. The molecule has 94 valence electrons. The first kappa shape index (κ1) is 11.5. The van der Waals surface area contributed by atoms with E-state index >= 15 is 0 Å². The zero-order chi connectivity index (χ0) is 12.5. The number of hydrogen-bond acceptors (Lipinski definition) is 4. The Kier molecular flexibility index (Phi) is 2.96. The van der Waals surface area contributed by atoms with Gasteiger partial charge in [-0.2, -0.15) is 4.98 Å². The van der Waals surface area contributed by atoms with Crippen LogP contribution in [0.4, 0.5) is 0 Å². The lowest BCUT2D eigenvalue weighted by Gasteiger charge is -2.00. The zero-order valence-corrected chi connectivity index (χ0v) is 10.5. The predicted octanol–water partition coefficient (Wildman–Crippen LogP) is 3.75. The van der Waals surface area contributed by atoms with Crippen LogP contribution in [0.15, 0.2) is 22.7 Å². The fourth-order valence-corrected chi connectivity index (χ4v) is 2.55. The summed E-state index contributed by atoms with van der Waals surface area (Å²) in [5, 5.41) is 14.3. The summed E-state index contributed by atoms with van der Waals surface area (Å²) >= 11 is 5.90. The largest absolute Gasteiger partial charge is 0.507 e. The van der Waals surface area contributed by atoms with Crippen LogP contribution in [-0.2, 0) is 0 Å². The Hall–Kier alpha value is -1.55. The van der Waals surface area contributed by atoms with Crippen molar-refractivity contribution < 1.29 is 9.63 Å². The van der Waals surface area contributed by atoms with Gasteiger partial charge in [0.2, 0.25) is 0 Å². The number of aromatic nitrogens is 2. The molecule has 1 fully saturated rings. The highest BCUT2D eigenvalue weighted by Crippen LogP contribution is 2.35. The van der Waals surface area contributed by atoms with E-state index < -0.39 is 0 Å². The number of phenolic OH excluding ortho intramolecular Hbond substituents is 1. The van der Waals surface area contributed by atoms with Gasteiger partial charge in [-0.1, -0.05) is 29.6 Å². The van der Waals surface area contributed by atoms with E-state index in [2.05, 4.69) is 10.1 Å². The first-order chi connectivity index (χ1) is 8.74. The van der Waals surface area contributed by atoms with E-state index in [4.69, 9.17) is 16.1 Å². The molecule has 4 nitrogen and oxygen atoms in total. The van der Waals surface area contributed by atoms with E-state index in [1.165, 1.54) is 18.9 Å². The molecule has 0 radical (unpaired) electrons. The normalized spacial score (nSPS) is 16.3. The molecule has 0 aliphatic heterocycles. The van der Waals surface area contributed by atoms with Gasteiger partial charge in [0, 0.05) is 10.9 Å². The third-order valence-electron chi connectivity index (χ3n) is 3.35. The van der Waals surface area contributed by atoms with Crippen LogP contribution in [0.3, 0.4) is 0 Å². The molecule has 0 atom stereocenters. The molecule has 1 saturated carbocycles. The van der Waals surface area contributed by atoms with Crippen LogP contribution in [0.25, 0.3) is 11.5 Å². The summed E-state index contributed by atoms with van der Waals surface area (Å²) in [4.78, 5) is 4.37. The number of phenols is 1. The minimum atomic E-state index is 0.0982. The first-order valence-corrected chi connectivity index (χ1v) is 6.44. The lowest BCUT2D eigenvalue weighted by atomic mass is 10.1. The van der Waals surface area contributed by atoms with Crippen molar-refractivity contribution in [2.24, 2.45) is 0 Å². The van der Waals surface area contributed by atoms with Crippen LogP contribution in [0.2, 0.25) is 5.02 Å². The van der Waals surface area contributed by atoms with Crippen LogP contribution >= 0.6 is 11.6 Å². The summed E-state index contributed by atoms with van der Waals surface area (Å²) < 4.78 is 5.22. The minimum absolute atomic E-state index is 0.0982. The standard InChI is InChI=1S/C13H13ClN2O2/c14-9-5-6-11(17)10(7-9)13-15-12(16-18-13)8-3-1-2-4-8/h5-8,17H,1-4H2. The SMILES string of the molecule is Oc1ccc(Cl)cc1-c1nc(C2CCCC2)no1. The molecule has 1 aliphatic rings. The van der Waals surface area contributed by atoms with Crippen LogP contribution in [-0.4, -0.2) is 15.2 Å². The fourth-order valence-electron chi connectivity index (χ4n) is 2.37. The maximum atomic E-state index is 9.78. The molecule has 18 heavy (non-hydrogen) atoms. The zero-order valence-electron chi connectivity index (χ0n) is 9.77. The molecule has 2 aromatic rings. The van der Waals surface area contributed by atoms with E-state index in [1.807, 2.05) is 0 Å². The third-order valence-corrected chi connectivity index (χ3v) is 3.59. The maximum Gasteiger partial charge on any atom is 0.261 e. The Morgan fingerprint density at radius 1 is 1.28 bits per heavy atom. The van der Waals surface area contributed by atoms with E-state index in [0.717, 1.165) is 18.7 Å². The summed E-state index contributed by atoms with van der Waals surface area (Å²) in [7, 11) is 0. The number of benzene rings is 1. The van der Waals surface area contributed by atoms with Crippen LogP contribution in [0.5, 0.6) is 5.75 Å². The highest BCUT2D eigenvalue weighted by Gasteiger charge is 2.23. The van der Waals surface area contributed by atoms with Crippen molar-refractivity contribution in [1.82, 2.24) is 10.1 Å². The number of halogens is 1. The summed E-state index contributed by atoms with van der Waals surface area (Å²) in [5.74, 6) is 1.56. The highest BCUT2D eigenvalue weighted by molar-refractivity contribution is 6.30. The van der Waals surface area contributed by atoms with Crippen molar-refractivity contribution in [3.63, 3.8) is 0 Å². The minimum Gasteiger partial charge on any atom is -0.507 e. The average molecular weight is 265 g/mol. The van der Waals surface area contributed by atoms with Gasteiger partial charge < -0.3 is 9.63 Å². The second kappa shape index (κ2) is 4.61. The Labute approximate surface area is 110 Å². The predicted molar refractivity (Wildman–Crippen MR) is 67.6 cm³/mol. The van der Waals surface area contributed by atoms with Gasteiger partial charge in [0.05, 0.1) is 5.56 Å². The first-order valence-electron chi connectivity index (χ1n) is 6.06. The van der Waals surface area contributed by atoms with Gasteiger partial charge in [0.25, 0.3) is 5.89 Å². The molecule has 5 heteroatoms. The Morgan fingerprint density at radius 2 is 2.06 bits per heavy atom. The molecule has 0 spiro atoms. The molecule has 1 aliphatic carbocycles. The molecular weight excluding hydrogens is 252 g/mol. The van der Waals surface area contributed by atoms with Crippen molar-refractivity contribution in [2.75, 3.05) is 0 Å². The quantitative estimate of drug-likeness (QED) is 0.897. The Balaban J connectivity index is 1.94. The Morgan fingerprint density at radius 3 is 2.83 bits per heavy atom. The molecule has 1 aromatic carbocycles. The van der Waals surface area contributed by atoms with E-state index in [-0.39, 0.29) is 5.75 Å². The molecule has 0 bridgehead atoms. The Bertz CT molecular complexity index is 562. The number of hydrogen-bond donors (Lipinski definition) is 1. The van der Waals surface area contributed by atoms with Crippen LogP contribution in [0, 0.1) is 0 Å². The smallest absolute Gasteiger partial charge is 0.261 e. The lowest BCUT2D eigenvalue weighted by Crippen LogP contribution is -1.94. The topological polar surface area (TPSA) is 59.2 Å². The fraction of sp³-hybridized carbons (Fsp3) is 0.385. The van der Waals surface area contributed by atoms with Crippen molar-refractivity contribution in [2.45, 2.75) is 31.6 Å². The van der Waals surface area contributed by atoms with Gasteiger partial charge in [-0.3, -0.25) is 0 Å². The second-order valence-electron chi connectivity index (χ2n) is 4.60. The molecule has 1 N–H and O–H groups in total. The summed E-state index contributed by atoms with van der Waals surface area (Å²) in [6, 6.07) is 4.77. The summed E-state index contributed by atoms with van der Waals surface area (Å²) in [5.41, 5.74) is 0.485. The van der Waals surface area contributed by atoms with Gasteiger partial charge >= 0.3 is 0 Å². The second-order valence-corrected chi connectivity index (χ2v) is 5.04. The lowest BCUT2D eigenvalue weighted by molar-refractivity contribution is 0.411. The van der Waals surface area contributed by atoms with E-state index in [9.17, 15) is 5.11 Å². The molecule has 0 unspecified atom stereocenters. The molecule has 3 rings (SSSR count). The van der Waals surface area contributed by atoms with Crippen molar-refractivity contribution in [3.8, 4) is 17.2 Å². The van der Waals surface area contributed by atoms with Gasteiger partial charge in [0.1, 0.15) is 5.75 Å². The van der Waals surface area contributed by atoms with Crippen molar-refractivity contribution in [1.29, 1.82) is 0 Å². The van der Waals surface area contributed by atoms with Crippen LogP contribution in [0.1, 0.15) is 37.4 Å². The molecule has 0 amide bonds. The third kappa shape index (κ3) is 2.08. The molecular formula is C13H13ClN2O2. The van der Waals surface area contributed by atoms with Gasteiger partial charge in [-0.05, 0) is 31.0 Å². The summed E-state index contributed by atoms with van der Waals surface area (Å²) in [6.07, 6.45) is 4.66. The molecule has 1 aromatic heterocycles. The van der Waals surface area contributed by atoms with Gasteiger partial charge in [-0.15, -0.1) is 0 Å². The summed E-state index contributed by atoms with van der Waals surface area (Å²) in [6.45, 7) is 0. The molecule has 1 heterocycles. The van der Waals surface area contributed by atoms with E-state index in [0.29, 0.717) is 22.4 Å². The van der Waals surface area contributed by atoms with Gasteiger partial charge in [-0.25, -0.2) is 0 Å². The number of aromatic hydroxyl groups is 1. The monoisotopic (exact) mass is 264 g/mol. The average Bonchev–Trinajstić information content (AvgIpc) is 3.00. The number of nitrogens with zero attached hydrogens (tertiary/aromatic N) is 2. The van der Waals surface area contributed by atoms with Crippen molar-refractivity contribution >= 4 is 11.6 Å². The van der Waals surface area contributed by atoms with Crippen LogP contribution < -0.4 is 0 Å². The van der Waals surface area contributed by atoms with E-state index in [1.54, 1.807) is 12.1 Å². The van der Waals surface area contributed by atoms with Crippen molar-refractivity contribution in [3.05, 3.63) is 29.0 Å². The van der Waals surface area contributed by atoms with Gasteiger partial charge in [0.15, 0.2) is 5.82 Å².